The van der Waals surface area contributed by atoms with E-state index in [0.717, 1.165) is 29.9 Å². The minimum Gasteiger partial charge on any atom is -0.382 e. The molecular weight excluding hydrogens is 485 g/mol. The molecule has 0 radical (unpaired) electrons. The third-order valence-corrected chi connectivity index (χ3v) is 9.33. The van der Waals surface area contributed by atoms with Crippen LogP contribution >= 0.6 is 11.8 Å². The molecule has 35 heavy (non-hydrogen) atoms. The fourth-order valence-corrected chi connectivity index (χ4v) is 7.15. The Kier molecular flexibility index (Phi) is 8.52. The lowest BCUT2D eigenvalue weighted by Crippen LogP contribution is -2.39. The van der Waals surface area contributed by atoms with Gasteiger partial charge >= 0.3 is 0 Å². The van der Waals surface area contributed by atoms with E-state index in [9.17, 15) is 12.8 Å². The fourth-order valence-electron chi connectivity index (χ4n) is 4.52. The molecule has 1 aromatic heterocycles. The number of halogens is 1. The maximum Gasteiger partial charge on any atom is 0.243 e. The van der Waals surface area contributed by atoms with Crippen molar-refractivity contribution in [1.29, 1.82) is 0 Å². The fraction of sp³-hybridized carbons (Fsp3) is 0.500. The van der Waals surface area contributed by atoms with Crippen molar-refractivity contribution in [3.8, 4) is 0 Å². The van der Waals surface area contributed by atoms with Crippen molar-refractivity contribution in [1.82, 2.24) is 13.9 Å². The first-order valence-corrected chi connectivity index (χ1v) is 14.7. The molecule has 1 aliphatic rings. The molecule has 0 bridgehead atoms. The zero-order valence-electron chi connectivity index (χ0n) is 20.7. The summed E-state index contributed by atoms with van der Waals surface area (Å²) >= 11 is 1.47. The maximum atomic E-state index is 14.6. The van der Waals surface area contributed by atoms with Crippen molar-refractivity contribution in [2.75, 3.05) is 26.3 Å². The highest BCUT2D eigenvalue weighted by atomic mass is 32.2. The van der Waals surface area contributed by atoms with E-state index in [-0.39, 0.29) is 10.7 Å². The molecule has 1 aliphatic heterocycles. The van der Waals surface area contributed by atoms with Gasteiger partial charge in [-0.2, -0.15) is 4.31 Å². The number of fused-ring (bicyclic) bond motifs is 1. The number of benzene rings is 2. The number of imidazole rings is 1. The van der Waals surface area contributed by atoms with Crippen LogP contribution in [0.5, 0.6) is 0 Å². The summed E-state index contributed by atoms with van der Waals surface area (Å²) in [5, 5.41) is 0.749. The summed E-state index contributed by atoms with van der Waals surface area (Å²) < 4.78 is 50.4. The van der Waals surface area contributed by atoms with Crippen LogP contribution in [0, 0.1) is 18.7 Å². The van der Waals surface area contributed by atoms with Gasteiger partial charge in [-0.1, -0.05) is 36.9 Å². The molecular formula is C26H34FN3O3S2. The Morgan fingerprint density at radius 2 is 2.09 bits per heavy atom. The van der Waals surface area contributed by atoms with E-state index in [1.165, 1.54) is 11.8 Å². The predicted octanol–water partition coefficient (Wildman–Crippen LogP) is 5.62. The zero-order valence-corrected chi connectivity index (χ0v) is 22.3. The van der Waals surface area contributed by atoms with Crippen LogP contribution in [-0.2, 0) is 27.1 Å². The van der Waals surface area contributed by atoms with E-state index in [1.54, 1.807) is 35.5 Å². The Balaban J connectivity index is 1.64. The summed E-state index contributed by atoms with van der Waals surface area (Å²) in [7, 11) is -3.57. The number of rotatable bonds is 10. The molecule has 1 saturated heterocycles. The average Bonchev–Trinajstić information content (AvgIpc) is 3.19. The second-order valence-corrected chi connectivity index (χ2v) is 12.1. The summed E-state index contributed by atoms with van der Waals surface area (Å²) in [6.45, 7) is 8.91. The molecule has 190 valence electrons. The Bertz CT molecular complexity index is 1280. The highest BCUT2D eigenvalue weighted by Crippen LogP contribution is 2.31. The molecule has 0 aliphatic carbocycles. The van der Waals surface area contributed by atoms with Crippen LogP contribution in [0.1, 0.15) is 44.2 Å². The highest BCUT2D eigenvalue weighted by molar-refractivity contribution is 7.98. The molecule has 0 spiro atoms. The molecule has 6 nitrogen and oxygen atoms in total. The van der Waals surface area contributed by atoms with Crippen molar-refractivity contribution >= 4 is 32.8 Å². The van der Waals surface area contributed by atoms with Crippen molar-refractivity contribution in [3.63, 3.8) is 0 Å². The molecule has 9 heteroatoms. The number of piperidine rings is 1. The van der Waals surface area contributed by atoms with Gasteiger partial charge in [-0.05, 0) is 68.4 Å². The number of thioether (sulfide) groups is 1. The van der Waals surface area contributed by atoms with Gasteiger partial charge in [0.2, 0.25) is 10.0 Å². The van der Waals surface area contributed by atoms with Crippen molar-refractivity contribution < 1.29 is 17.5 Å². The monoisotopic (exact) mass is 519 g/mol. The number of hydrogen-bond acceptors (Lipinski definition) is 5. The van der Waals surface area contributed by atoms with Crippen molar-refractivity contribution in [3.05, 3.63) is 53.3 Å². The molecule has 0 amide bonds. The lowest BCUT2D eigenvalue weighted by atomic mass is 10.0. The van der Waals surface area contributed by atoms with Gasteiger partial charge in [-0.25, -0.2) is 17.8 Å². The van der Waals surface area contributed by atoms with Gasteiger partial charge in [0.15, 0.2) is 5.16 Å². The van der Waals surface area contributed by atoms with Gasteiger partial charge in [0.05, 0.1) is 15.9 Å². The topological polar surface area (TPSA) is 64.4 Å². The van der Waals surface area contributed by atoms with Crippen LogP contribution in [0.4, 0.5) is 4.39 Å². The molecule has 2 aromatic carbocycles. The molecule has 1 fully saturated rings. The molecule has 3 aromatic rings. The van der Waals surface area contributed by atoms with Gasteiger partial charge in [-0.3, -0.25) is 0 Å². The normalized spacial score (nSPS) is 17.3. The maximum absolute atomic E-state index is 14.6. The van der Waals surface area contributed by atoms with E-state index in [4.69, 9.17) is 9.72 Å². The number of aryl methyl sites for hydroxylation is 2. The predicted molar refractivity (Wildman–Crippen MR) is 139 cm³/mol. The zero-order chi connectivity index (χ0) is 25.0. The number of aromatic nitrogens is 2. The first-order chi connectivity index (χ1) is 16.8. The first kappa shape index (κ1) is 26.1. The Morgan fingerprint density at radius 1 is 1.26 bits per heavy atom. The third kappa shape index (κ3) is 5.90. The van der Waals surface area contributed by atoms with Crippen LogP contribution in [0.25, 0.3) is 11.0 Å². The SMILES string of the molecule is CCOCCCn1c(SCc2cccc(C)c2F)nc2cc(S(=O)(=O)N3CCC[C@@H](C)C3)ccc21. The molecule has 0 N–H and O–H groups in total. The number of sulfonamides is 1. The smallest absolute Gasteiger partial charge is 0.243 e. The molecule has 4 rings (SSSR count). The van der Waals surface area contributed by atoms with Crippen LogP contribution in [-0.4, -0.2) is 48.6 Å². The third-order valence-electron chi connectivity index (χ3n) is 6.45. The highest BCUT2D eigenvalue weighted by Gasteiger charge is 2.29. The quantitative estimate of drug-likeness (QED) is 0.257. The van der Waals surface area contributed by atoms with Crippen molar-refractivity contribution in [2.45, 2.75) is 62.4 Å². The van der Waals surface area contributed by atoms with Crippen molar-refractivity contribution in [2.24, 2.45) is 5.92 Å². The average molecular weight is 520 g/mol. The first-order valence-electron chi connectivity index (χ1n) is 12.3. The van der Waals surface area contributed by atoms with Crippen LogP contribution in [0.2, 0.25) is 0 Å². The largest absolute Gasteiger partial charge is 0.382 e. The minimum atomic E-state index is -3.57. The van der Waals surface area contributed by atoms with E-state index in [1.807, 2.05) is 19.1 Å². The summed E-state index contributed by atoms with van der Waals surface area (Å²) in [5.74, 6) is 0.610. The lowest BCUT2D eigenvalue weighted by molar-refractivity contribution is 0.141. The van der Waals surface area contributed by atoms with Crippen LogP contribution in [0.3, 0.4) is 0 Å². The number of hydrogen-bond donors (Lipinski definition) is 0. The van der Waals surface area contributed by atoms with Gasteiger partial charge in [-0.15, -0.1) is 0 Å². The summed E-state index contributed by atoms with van der Waals surface area (Å²) in [6.07, 6.45) is 2.74. The Labute approximate surface area is 211 Å². The van der Waals surface area contributed by atoms with Crippen LogP contribution < -0.4 is 0 Å². The minimum absolute atomic E-state index is 0.192. The molecule has 2 heterocycles. The molecule has 0 saturated carbocycles. The summed E-state index contributed by atoms with van der Waals surface area (Å²) in [6, 6.07) is 10.6. The second kappa shape index (κ2) is 11.4. The van der Waals surface area contributed by atoms with Gasteiger partial charge in [0, 0.05) is 38.6 Å². The van der Waals surface area contributed by atoms with E-state index >= 15 is 0 Å². The second-order valence-electron chi connectivity index (χ2n) is 9.19. The number of nitrogens with zero attached hydrogens (tertiary/aromatic N) is 3. The Hall–Kier alpha value is -1.94. The molecule has 1 atom stereocenters. The van der Waals surface area contributed by atoms with E-state index in [2.05, 4.69) is 11.5 Å². The van der Waals surface area contributed by atoms with E-state index in [0.29, 0.717) is 61.2 Å². The van der Waals surface area contributed by atoms with Crippen LogP contribution in [0.15, 0.2) is 46.5 Å². The molecule has 0 unspecified atom stereocenters. The number of ether oxygens (including phenoxy) is 1. The van der Waals surface area contributed by atoms with Gasteiger partial charge in [0.1, 0.15) is 5.82 Å². The Morgan fingerprint density at radius 3 is 2.86 bits per heavy atom. The van der Waals surface area contributed by atoms with Gasteiger partial charge in [0.25, 0.3) is 0 Å². The standard InChI is InChI=1S/C26H34FN3O3S2/c1-4-33-15-7-14-30-24-12-11-22(35(31,32)29-13-6-8-19(2)17-29)16-23(24)28-26(30)34-18-21-10-5-9-20(3)25(21)27/h5,9-12,16,19H,4,6-8,13-15,17-18H2,1-3H3/t19-/m1/s1. The lowest BCUT2D eigenvalue weighted by Gasteiger charge is -2.30. The van der Waals surface area contributed by atoms with E-state index < -0.39 is 10.0 Å². The summed E-state index contributed by atoms with van der Waals surface area (Å²) in [5.41, 5.74) is 2.76. The van der Waals surface area contributed by atoms with Gasteiger partial charge < -0.3 is 9.30 Å². The summed E-state index contributed by atoms with van der Waals surface area (Å²) in [4.78, 5) is 5.07.